The van der Waals surface area contributed by atoms with Crippen molar-refractivity contribution in [3.63, 3.8) is 0 Å². The molecule has 224 valence electrons. The molecule has 0 aromatic heterocycles. The van der Waals surface area contributed by atoms with E-state index in [-0.39, 0.29) is 5.60 Å². The van der Waals surface area contributed by atoms with Crippen LogP contribution < -0.4 is 5.32 Å². The highest BCUT2D eigenvalue weighted by Gasteiger charge is 2.43. The van der Waals surface area contributed by atoms with Gasteiger partial charge in [-0.1, -0.05) is 37.3 Å². The number of aliphatic carboxylic acids is 2. The van der Waals surface area contributed by atoms with Crippen molar-refractivity contribution in [1.29, 1.82) is 0 Å². The van der Waals surface area contributed by atoms with E-state index < -0.39 is 24.3 Å². The number of carbonyl (C=O) groups is 2. The van der Waals surface area contributed by atoms with Gasteiger partial charge in [-0.25, -0.2) is 9.59 Å². The third kappa shape index (κ3) is 13.0. The Balaban J connectivity index is 0.000000449. The lowest BCUT2D eigenvalue weighted by Gasteiger charge is -2.34. The predicted octanol–water partition coefficient (Wildman–Crippen LogP) is 4.30. The van der Waals surface area contributed by atoms with Crippen LogP contribution in [0.1, 0.15) is 45.1 Å². The first-order chi connectivity index (χ1) is 18.0. The number of ether oxygens (including phenoxy) is 2. The Kier molecular flexibility index (Phi) is 13.7. The molecule has 2 aliphatic rings. The summed E-state index contributed by atoms with van der Waals surface area (Å²) in [6.45, 7) is 12.3. The predicted molar refractivity (Wildman–Crippen MR) is 129 cm³/mol. The van der Waals surface area contributed by atoms with Crippen LogP contribution in [0, 0.1) is 0 Å². The van der Waals surface area contributed by atoms with Crippen LogP contribution in [0.25, 0.3) is 0 Å². The van der Waals surface area contributed by atoms with Crippen LogP contribution in [-0.2, 0) is 19.1 Å². The number of nitrogens with one attached hydrogen (secondary N) is 1. The zero-order valence-electron chi connectivity index (χ0n) is 22.0. The molecule has 8 nitrogen and oxygen atoms in total. The standard InChI is InChI=1S/C21H34N2O2.2C2HF3O2/c1-17(2)23-11-12-24-16-21(15-23)10-9-20(25-21)14-22-13-18(3)19-7-5-4-6-8-19;2*3-2(4,5)1(6)7/h4-8,17-18,20,22H,9-16H2,1-3H3;2*(H,6,7)/t18-,20+,21+;;/m0../s1. The van der Waals surface area contributed by atoms with E-state index in [0.717, 1.165) is 52.2 Å². The second-order valence-corrected chi connectivity index (χ2v) is 9.65. The van der Waals surface area contributed by atoms with Crippen LogP contribution in [0.3, 0.4) is 0 Å². The van der Waals surface area contributed by atoms with Crippen LogP contribution in [0.15, 0.2) is 30.3 Å². The van der Waals surface area contributed by atoms with Gasteiger partial charge in [-0.3, -0.25) is 4.90 Å². The average molecular weight is 575 g/mol. The molecule has 2 fully saturated rings. The molecule has 0 unspecified atom stereocenters. The maximum absolute atomic E-state index is 10.6. The first-order valence-corrected chi connectivity index (χ1v) is 12.3. The fourth-order valence-electron chi connectivity index (χ4n) is 4.00. The van der Waals surface area contributed by atoms with Gasteiger partial charge in [0.25, 0.3) is 0 Å². The molecular formula is C25H36F6N2O6. The van der Waals surface area contributed by atoms with Gasteiger partial charge in [-0.05, 0) is 38.2 Å². The highest BCUT2D eigenvalue weighted by Crippen LogP contribution is 2.33. The van der Waals surface area contributed by atoms with E-state index in [9.17, 15) is 26.3 Å². The summed E-state index contributed by atoms with van der Waals surface area (Å²) in [4.78, 5) is 20.3. The second kappa shape index (κ2) is 15.4. The van der Waals surface area contributed by atoms with Crippen molar-refractivity contribution in [3.8, 4) is 0 Å². The monoisotopic (exact) mass is 574 g/mol. The fraction of sp³-hybridized carbons (Fsp3) is 0.680. The van der Waals surface area contributed by atoms with E-state index in [4.69, 9.17) is 29.3 Å². The van der Waals surface area contributed by atoms with Crippen molar-refractivity contribution in [2.75, 3.05) is 39.4 Å². The summed E-state index contributed by atoms with van der Waals surface area (Å²) >= 11 is 0. The maximum Gasteiger partial charge on any atom is 0.490 e. The first kappa shape index (κ1) is 34.6. The molecule has 1 aromatic carbocycles. The Morgan fingerprint density at radius 1 is 1.05 bits per heavy atom. The summed E-state index contributed by atoms with van der Waals surface area (Å²) < 4.78 is 75.9. The summed E-state index contributed by atoms with van der Waals surface area (Å²) in [5.41, 5.74) is 1.29. The minimum atomic E-state index is -5.08. The maximum atomic E-state index is 10.6. The number of carboxylic acid groups (broad SMARTS) is 2. The molecule has 2 heterocycles. The van der Waals surface area contributed by atoms with Gasteiger partial charge in [-0.2, -0.15) is 26.3 Å². The molecule has 3 rings (SSSR count). The topological polar surface area (TPSA) is 108 Å². The Morgan fingerprint density at radius 3 is 2.08 bits per heavy atom. The zero-order chi connectivity index (χ0) is 29.9. The Bertz CT molecular complexity index is 860. The molecule has 0 bridgehead atoms. The van der Waals surface area contributed by atoms with Crippen molar-refractivity contribution in [2.24, 2.45) is 0 Å². The number of carboxylic acids is 2. The van der Waals surface area contributed by atoms with E-state index >= 15 is 0 Å². The Morgan fingerprint density at radius 2 is 1.59 bits per heavy atom. The highest BCUT2D eigenvalue weighted by molar-refractivity contribution is 5.73. The zero-order valence-corrected chi connectivity index (χ0v) is 22.0. The largest absolute Gasteiger partial charge is 0.490 e. The number of rotatable bonds is 6. The average Bonchev–Trinajstić information content (AvgIpc) is 3.10. The van der Waals surface area contributed by atoms with Crippen LogP contribution in [0.5, 0.6) is 0 Å². The molecule has 0 radical (unpaired) electrons. The first-order valence-electron chi connectivity index (χ1n) is 12.3. The third-order valence-electron chi connectivity index (χ3n) is 6.12. The number of benzene rings is 1. The quantitative estimate of drug-likeness (QED) is 0.432. The summed E-state index contributed by atoms with van der Waals surface area (Å²) in [5.74, 6) is -4.99. The number of hydrogen-bond acceptors (Lipinski definition) is 6. The highest BCUT2D eigenvalue weighted by atomic mass is 19.4. The van der Waals surface area contributed by atoms with Gasteiger partial charge >= 0.3 is 24.3 Å². The van der Waals surface area contributed by atoms with Crippen LogP contribution in [0.4, 0.5) is 26.3 Å². The van der Waals surface area contributed by atoms with Crippen LogP contribution in [0.2, 0.25) is 0 Å². The Labute approximate surface area is 223 Å². The summed E-state index contributed by atoms with van der Waals surface area (Å²) in [7, 11) is 0. The summed E-state index contributed by atoms with van der Waals surface area (Å²) in [5, 5.41) is 17.9. The number of hydrogen-bond donors (Lipinski definition) is 3. The molecule has 3 N–H and O–H groups in total. The van der Waals surface area contributed by atoms with Gasteiger partial charge in [0.15, 0.2) is 0 Å². The molecule has 14 heteroatoms. The van der Waals surface area contributed by atoms with E-state index in [0.29, 0.717) is 18.1 Å². The molecule has 1 aromatic rings. The van der Waals surface area contributed by atoms with Crippen molar-refractivity contribution in [2.45, 2.75) is 69.6 Å². The van der Waals surface area contributed by atoms with Gasteiger partial charge in [0, 0.05) is 32.2 Å². The van der Waals surface area contributed by atoms with Crippen molar-refractivity contribution in [1.82, 2.24) is 10.2 Å². The molecular weight excluding hydrogens is 538 g/mol. The minimum Gasteiger partial charge on any atom is -0.475 e. The van der Waals surface area contributed by atoms with Crippen LogP contribution in [-0.4, -0.2) is 96.5 Å². The third-order valence-corrected chi connectivity index (χ3v) is 6.12. The van der Waals surface area contributed by atoms with E-state index in [2.05, 4.69) is 61.3 Å². The van der Waals surface area contributed by atoms with Gasteiger partial charge in [0.1, 0.15) is 5.60 Å². The lowest BCUT2D eigenvalue weighted by Crippen LogP contribution is -2.47. The van der Waals surface area contributed by atoms with Crippen molar-refractivity contribution >= 4 is 11.9 Å². The molecule has 2 aliphatic heterocycles. The minimum absolute atomic E-state index is 0.0990. The number of alkyl halides is 6. The smallest absolute Gasteiger partial charge is 0.475 e. The lowest BCUT2D eigenvalue weighted by molar-refractivity contribution is -0.193. The van der Waals surface area contributed by atoms with E-state index in [1.54, 1.807) is 0 Å². The number of halogens is 6. The SMILES string of the molecule is CC(C)N1CCOC[C@@]2(CC[C@H](CNC[C@H](C)c3ccccc3)O2)C1.O=C(O)C(F)(F)F.O=C(O)C(F)(F)F. The molecule has 2 saturated heterocycles. The number of nitrogens with zero attached hydrogens (tertiary/aromatic N) is 1. The second-order valence-electron chi connectivity index (χ2n) is 9.65. The van der Waals surface area contributed by atoms with Crippen molar-refractivity contribution in [3.05, 3.63) is 35.9 Å². The molecule has 39 heavy (non-hydrogen) atoms. The van der Waals surface area contributed by atoms with Crippen molar-refractivity contribution < 1.29 is 55.6 Å². The summed E-state index contributed by atoms with van der Waals surface area (Å²) in [6, 6.07) is 11.3. The van der Waals surface area contributed by atoms with E-state index in [1.165, 1.54) is 5.56 Å². The summed E-state index contributed by atoms with van der Waals surface area (Å²) in [6.07, 6.45) is -7.63. The fourth-order valence-corrected chi connectivity index (χ4v) is 4.00. The molecule has 0 aliphatic carbocycles. The van der Waals surface area contributed by atoms with Gasteiger partial charge in [-0.15, -0.1) is 0 Å². The Hall–Kier alpha value is -2.42. The molecule has 0 amide bonds. The van der Waals surface area contributed by atoms with Crippen LogP contribution >= 0.6 is 0 Å². The van der Waals surface area contributed by atoms with Gasteiger partial charge < -0.3 is 25.0 Å². The van der Waals surface area contributed by atoms with E-state index in [1.807, 2.05) is 0 Å². The molecule has 3 atom stereocenters. The van der Waals surface area contributed by atoms with Gasteiger partial charge in [0.05, 0.1) is 19.3 Å². The molecule has 1 spiro atoms. The normalized spacial score (nSPS) is 22.8. The lowest BCUT2D eigenvalue weighted by atomic mass is 9.99. The van der Waals surface area contributed by atoms with Gasteiger partial charge in [0.2, 0.25) is 0 Å². The molecule has 0 saturated carbocycles.